The SMILES string of the molecule is Cc1ccc(NC(=O)c2ccc(=O)n(Cc3ccc([N+](=O)[O-])cc3)c2)cc1Cl. The summed E-state index contributed by atoms with van der Waals surface area (Å²) in [5.74, 6) is -0.377. The number of aryl methyl sites for hydroxylation is 1. The van der Waals surface area contributed by atoms with Crippen LogP contribution in [0.3, 0.4) is 0 Å². The number of anilines is 1. The Labute approximate surface area is 165 Å². The maximum absolute atomic E-state index is 12.5. The zero-order valence-electron chi connectivity index (χ0n) is 14.9. The number of nitro benzene ring substituents is 1. The molecule has 0 spiro atoms. The van der Waals surface area contributed by atoms with Crippen LogP contribution >= 0.6 is 11.6 Å². The number of non-ortho nitro benzene ring substituents is 1. The van der Waals surface area contributed by atoms with E-state index in [-0.39, 0.29) is 23.7 Å². The number of carbonyl (C=O) groups is 1. The van der Waals surface area contributed by atoms with Crippen molar-refractivity contribution >= 4 is 28.9 Å². The molecule has 142 valence electrons. The van der Waals surface area contributed by atoms with Crippen molar-refractivity contribution in [3.8, 4) is 0 Å². The van der Waals surface area contributed by atoms with Crippen molar-refractivity contribution < 1.29 is 9.72 Å². The molecular formula is C20H16ClN3O4. The molecule has 0 radical (unpaired) electrons. The van der Waals surface area contributed by atoms with Crippen LogP contribution < -0.4 is 10.9 Å². The molecule has 0 saturated carbocycles. The Morgan fingerprint density at radius 1 is 1.14 bits per heavy atom. The van der Waals surface area contributed by atoms with Crippen molar-refractivity contribution in [1.82, 2.24) is 4.57 Å². The molecule has 0 aliphatic carbocycles. The van der Waals surface area contributed by atoms with Crippen LogP contribution in [-0.4, -0.2) is 15.4 Å². The van der Waals surface area contributed by atoms with E-state index in [2.05, 4.69) is 5.32 Å². The molecule has 0 saturated heterocycles. The van der Waals surface area contributed by atoms with Crippen LogP contribution in [0.4, 0.5) is 11.4 Å². The number of rotatable bonds is 5. The van der Waals surface area contributed by atoms with Crippen LogP contribution in [0.1, 0.15) is 21.5 Å². The summed E-state index contributed by atoms with van der Waals surface area (Å²) in [7, 11) is 0. The van der Waals surface area contributed by atoms with Gasteiger partial charge in [0.1, 0.15) is 0 Å². The van der Waals surface area contributed by atoms with Crippen LogP contribution in [0.25, 0.3) is 0 Å². The predicted octanol–water partition coefficient (Wildman–Crippen LogP) is 4.02. The molecule has 28 heavy (non-hydrogen) atoms. The van der Waals surface area contributed by atoms with Gasteiger partial charge in [0.15, 0.2) is 0 Å². The fourth-order valence-corrected chi connectivity index (χ4v) is 2.76. The third-order valence-corrected chi connectivity index (χ3v) is 4.58. The Kier molecular flexibility index (Phi) is 5.56. The fraction of sp³-hybridized carbons (Fsp3) is 0.100. The Hall–Kier alpha value is -3.45. The monoisotopic (exact) mass is 397 g/mol. The summed E-state index contributed by atoms with van der Waals surface area (Å²) in [6.07, 6.45) is 1.45. The highest BCUT2D eigenvalue weighted by atomic mass is 35.5. The lowest BCUT2D eigenvalue weighted by Crippen LogP contribution is -2.22. The first kappa shape index (κ1) is 19.3. The van der Waals surface area contributed by atoms with Gasteiger partial charge in [0.2, 0.25) is 0 Å². The van der Waals surface area contributed by atoms with E-state index in [9.17, 15) is 19.7 Å². The number of aromatic nitrogens is 1. The number of carbonyl (C=O) groups excluding carboxylic acids is 1. The third-order valence-electron chi connectivity index (χ3n) is 4.18. The molecule has 3 aromatic rings. The summed E-state index contributed by atoms with van der Waals surface area (Å²) < 4.78 is 1.37. The van der Waals surface area contributed by atoms with Crippen molar-refractivity contribution in [2.75, 3.05) is 5.32 Å². The predicted molar refractivity (Wildman–Crippen MR) is 107 cm³/mol. The van der Waals surface area contributed by atoms with Gasteiger partial charge in [0, 0.05) is 35.1 Å². The van der Waals surface area contributed by atoms with E-state index in [0.29, 0.717) is 21.8 Å². The van der Waals surface area contributed by atoms with E-state index in [4.69, 9.17) is 11.6 Å². The van der Waals surface area contributed by atoms with E-state index in [1.807, 2.05) is 6.92 Å². The molecule has 8 heteroatoms. The largest absolute Gasteiger partial charge is 0.322 e. The van der Waals surface area contributed by atoms with Crippen LogP contribution in [0.15, 0.2) is 65.6 Å². The fourth-order valence-electron chi connectivity index (χ4n) is 2.58. The quantitative estimate of drug-likeness (QED) is 0.519. The summed E-state index contributed by atoms with van der Waals surface area (Å²) >= 11 is 6.07. The number of nitrogens with one attached hydrogen (secondary N) is 1. The first-order valence-corrected chi connectivity index (χ1v) is 8.72. The number of benzene rings is 2. The third kappa shape index (κ3) is 4.44. The molecular weight excluding hydrogens is 382 g/mol. The molecule has 1 N–H and O–H groups in total. The van der Waals surface area contributed by atoms with Crippen molar-refractivity contribution in [1.29, 1.82) is 0 Å². The van der Waals surface area contributed by atoms with Gasteiger partial charge in [-0.15, -0.1) is 0 Å². The molecule has 0 atom stereocenters. The zero-order chi connectivity index (χ0) is 20.3. The number of halogens is 1. The van der Waals surface area contributed by atoms with Gasteiger partial charge in [-0.25, -0.2) is 0 Å². The Morgan fingerprint density at radius 3 is 2.50 bits per heavy atom. The smallest absolute Gasteiger partial charge is 0.269 e. The van der Waals surface area contributed by atoms with E-state index < -0.39 is 4.92 Å². The number of hydrogen-bond donors (Lipinski definition) is 1. The molecule has 7 nitrogen and oxygen atoms in total. The molecule has 1 aromatic heterocycles. The Morgan fingerprint density at radius 2 is 1.86 bits per heavy atom. The van der Waals surface area contributed by atoms with Crippen molar-refractivity contribution in [3.05, 3.63) is 103 Å². The average molecular weight is 398 g/mol. The van der Waals surface area contributed by atoms with E-state index in [1.165, 1.54) is 35.0 Å². The van der Waals surface area contributed by atoms with Crippen molar-refractivity contribution in [3.63, 3.8) is 0 Å². The lowest BCUT2D eigenvalue weighted by atomic mass is 10.2. The summed E-state index contributed by atoms with van der Waals surface area (Å²) in [5.41, 5.74) is 2.15. The van der Waals surface area contributed by atoms with Gasteiger partial charge in [-0.2, -0.15) is 0 Å². The molecule has 3 rings (SSSR count). The summed E-state index contributed by atoms with van der Waals surface area (Å²) in [4.78, 5) is 34.9. The zero-order valence-corrected chi connectivity index (χ0v) is 15.6. The first-order valence-electron chi connectivity index (χ1n) is 8.35. The number of nitrogens with zero attached hydrogens (tertiary/aromatic N) is 2. The molecule has 0 fully saturated rings. The minimum Gasteiger partial charge on any atom is -0.322 e. The highest BCUT2D eigenvalue weighted by Gasteiger charge is 2.10. The van der Waals surface area contributed by atoms with E-state index >= 15 is 0 Å². The minimum absolute atomic E-state index is 0.0269. The number of hydrogen-bond acceptors (Lipinski definition) is 4. The molecule has 2 aromatic carbocycles. The van der Waals surface area contributed by atoms with Gasteiger partial charge >= 0.3 is 0 Å². The van der Waals surface area contributed by atoms with E-state index in [0.717, 1.165) is 5.56 Å². The second-order valence-electron chi connectivity index (χ2n) is 6.23. The summed E-state index contributed by atoms with van der Waals surface area (Å²) in [5, 5.41) is 14.0. The Bertz CT molecular complexity index is 1110. The first-order chi connectivity index (χ1) is 13.3. The minimum atomic E-state index is -0.488. The number of pyridine rings is 1. The molecule has 0 aliphatic rings. The maximum atomic E-state index is 12.5. The van der Waals surface area contributed by atoms with Crippen molar-refractivity contribution in [2.24, 2.45) is 0 Å². The molecule has 0 bridgehead atoms. The molecule has 0 aliphatic heterocycles. The summed E-state index contributed by atoms with van der Waals surface area (Å²) in [6, 6.07) is 13.8. The van der Waals surface area contributed by atoms with Crippen molar-refractivity contribution in [2.45, 2.75) is 13.5 Å². The number of amides is 1. The van der Waals surface area contributed by atoms with Gasteiger partial charge in [-0.05, 0) is 36.2 Å². The molecule has 0 unspecified atom stereocenters. The van der Waals surface area contributed by atoms with Crippen LogP contribution in [0, 0.1) is 17.0 Å². The van der Waals surface area contributed by atoms with Gasteiger partial charge in [0.05, 0.1) is 17.0 Å². The molecule has 1 amide bonds. The van der Waals surface area contributed by atoms with Gasteiger partial charge in [-0.1, -0.05) is 29.8 Å². The van der Waals surface area contributed by atoms with Gasteiger partial charge in [0.25, 0.3) is 17.2 Å². The van der Waals surface area contributed by atoms with Crippen LogP contribution in [0.2, 0.25) is 5.02 Å². The summed E-state index contributed by atoms with van der Waals surface area (Å²) in [6.45, 7) is 2.05. The standard InChI is InChI=1S/C20H16ClN3O4/c1-13-2-6-16(10-18(13)21)22-20(26)15-5-9-19(25)23(12-15)11-14-3-7-17(8-4-14)24(27)28/h2-10,12H,11H2,1H3,(H,22,26). The second-order valence-corrected chi connectivity index (χ2v) is 6.63. The maximum Gasteiger partial charge on any atom is 0.269 e. The average Bonchev–Trinajstić information content (AvgIpc) is 2.67. The second kappa shape index (κ2) is 8.06. The Balaban J connectivity index is 1.80. The normalized spacial score (nSPS) is 10.5. The van der Waals surface area contributed by atoms with Crippen LogP contribution in [0.5, 0.6) is 0 Å². The van der Waals surface area contributed by atoms with Gasteiger partial charge < -0.3 is 9.88 Å². The van der Waals surface area contributed by atoms with Gasteiger partial charge in [-0.3, -0.25) is 19.7 Å². The molecule has 1 heterocycles. The lowest BCUT2D eigenvalue weighted by Gasteiger charge is -2.10. The highest BCUT2D eigenvalue weighted by Crippen LogP contribution is 2.20. The highest BCUT2D eigenvalue weighted by molar-refractivity contribution is 6.31. The number of nitro groups is 1. The topological polar surface area (TPSA) is 94.2 Å². The van der Waals surface area contributed by atoms with Crippen LogP contribution in [-0.2, 0) is 6.54 Å². The lowest BCUT2D eigenvalue weighted by molar-refractivity contribution is -0.384. The van der Waals surface area contributed by atoms with E-state index in [1.54, 1.807) is 30.3 Å².